The fourth-order valence-corrected chi connectivity index (χ4v) is 5.25. The first-order chi connectivity index (χ1) is 16.9. The molecule has 0 N–H and O–H groups in total. The van der Waals surface area contributed by atoms with Crippen molar-refractivity contribution >= 4 is 43.9 Å². The molecule has 0 aliphatic carbocycles. The molecule has 0 saturated carbocycles. The molecule has 3 heterocycles. The summed E-state index contributed by atoms with van der Waals surface area (Å²) in [4.78, 5) is 5.32. The molecule has 3 aromatic heterocycles. The molecular weight excluding hydrogens is 414 g/mol. The summed E-state index contributed by atoms with van der Waals surface area (Å²) in [5.74, 6) is 0. The first-order valence-corrected chi connectivity index (χ1v) is 11.7. The van der Waals surface area contributed by atoms with Crippen LogP contribution in [-0.4, -0.2) is 14.1 Å². The van der Waals surface area contributed by atoms with E-state index in [1.165, 1.54) is 44.0 Å². The van der Waals surface area contributed by atoms with E-state index >= 15 is 0 Å². The lowest BCUT2D eigenvalue weighted by atomic mass is 10.2. The summed E-state index contributed by atoms with van der Waals surface area (Å²) in [7, 11) is 0. The molecule has 3 nitrogen and oxygen atoms in total. The van der Waals surface area contributed by atoms with Crippen molar-refractivity contribution in [1.82, 2.24) is 14.1 Å². The van der Waals surface area contributed by atoms with Gasteiger partial charge in [-0.1, -0.05) is 97.1 Å². The standard InChI is InChI=1S/C31H23N3/c1-3-11-22(12-4-1)20-33-26-17-9-7-15-24(26)30-28(33)19-29-31(32-30)25-16-8-10-18-27(25)34(29)21-23-13-5-2-6-14-23/h1-19H,20-21H2. The van der Waals surface area contributed by atoms with Crippen molar-refractivity contribution in [3.05, 3.63) is 126 Å². The number of pyridine rings is 1. The number of aromatic nitrogens is 3. The predicted molar refractivity (Wildman–Crippen MR) is 141 cm³/mol. The van der Waals surface area contributed by atoms with Crippen LogP contribution < -0.4 is 0 Å². The summed E-state index contributed by atoms with van der Waals surface area (Å²) in [6, 6.07) is 41.0. The molecule has 4 aromatic carbocycles. The molecule has 0 saturated heterocycles. The van der Waals surface area contributed by atoms with E-state index < -0.39 is 0 Å². The van der Waals surface area contributed by atoms with Crippen LogP contribution in [0.3, 0.4) is 0 Å². The van der Waals surface area contributed by atoms with Crippen molar-refractivity contribution in [3.63, 3.8) is 0 Å². The number of rotatable bonds is 4. The summed E-state index contributed by atoms with van der Waals surface area (Å²) in [5.41, 5.74) is 9.51. The highest BCUT2D eigenvalue weighted by atomic mass is 15.0. The minimum absolute atomic E-state index is 0.816. The molecular formula is C31H23N3. The maximum atomic E-state index is 5.32. The van der Waals surface area contributed by atoms with Crippen LogP contribution in [0.5, 0.6) is 0 Å². The summed E-state index contributed by atoms with van der Waals surface area (Å²) >= 11 is 0. The van der Waals surface area contributed by atoms with Gasteiger partial charge >= 0.3 is 0 Å². The van der Waals surface area contributed by atoms with E-state index in [4.69, 9.17) is 4.98 Å². The monoisotopic (exact) mass is 437 g/mol. The third-order valence-electron chi connectivity index (χ3n) is 6.83. The van der Waals surface area contributed by atoms with Crippen LogP contribution in [-0.2, 0) is 13.1 Å². The minimum Gasteiger partial charge on any atom is -0.335 e. The summed E-state index contributed by atoms with van der Waals surface area (Å²) in [6.45, 7) is 1.63. The Balaban J connectivity index is 1.55. The number of fused-ring (bicyclic) bond motifs is 6. The second-order valence-corrected chi connectivity index (χ2v) is 8.90. The van der Waals surface area contributed by atoms with Gasteiger partial charge < -0.3 is 9.13 Å². The van der Waals surface area contributed by atoms with Gasteiger partial charge in [0.25, 0.3) is 0 Å². The van der Waals surface area contributed by atoms with Crippen LogP contribution in [0.25, 0.3) is 43.9 Å². The van der Waals surface area contributed by atoms with Crippen LogP contribution in [0.4, 0.5) is 0 Å². The quantitative estimate of drug-likeness (QED) is 0.281. The molecule has 162 valence electrons. The van der Waals surface area contributed by atoms with Gasteiger partial charge in [0.1, 0.15) is 0 Å². The molecule has 0 spiro atoms. The zero-order valence-electron chi connectivity index (χ0n) is 18.7. The normalized spacial score (nSPS) is 11.8. The molecule has 0 atom stereocenters. The van der Waals surface area contributed by atoms with Crippen molar-refractivity contribution in [2.24, 2.45) is 0 Å². The van der Waals surface area contributed by atoms with Crippen molar-refractivity contribution in [1.29, 1.82) is 0 Å². The van der Waals surface area contributed by atoms with Gasteiger partial charge in [0.15, 0.2) is 0 Å². The average molecular weight is 438 g/mol. The smallest absolute Gasteiger partial charge is 0.0969 e. The van der Waals surface area contributed by atoms with E-state index in [1.54, 1.807) is 0 Å². The predicted octanol–water partition coefficient (Wildman–Crippen LogP) is 7.39. The number of hydrogen-bond acceptors (Lipinski definition) is 1. The van der Waals surface area contributed by atoms with Gasteiger partial charge in [0.05, 0.1) is 33.1 Å². The van der Waals surface area contributed by atoms with E-state index in [2.05, 4.69) is 124 Å². The van der Waals surface area contributed by atoms with Crippen molar-refractivity contribution < 1.29 is 0 Å². The molecule has 0 radical (unpaired) electrons. The van der Waals surface area contributed by atoms with E-state index in [9.17, 15) is 0 Å². The first-order valence-electron chi connectivity index (χ1n) is 11.7. The lowest BCUT2D eigenvalue weighted by molar-refractivity contribution is 0.859. The van der Waals surface area contributed by atoms with Gasteiger partial charge in [-0.05, 0) is 29.3 Å². The Hall–Kier alpha value is -4.37. The maximum absolute atomic E-state index is 5.32. The molecule has 0 unspecified atom stereocenters. The fraction of sp³-hybridized carbons (Fsp3) is 0.0645. The van der Waals surface area contributed by atoms with E-state index in [1.807, 2.05) is 0 Å². The third kappa shape index (κ3) is 2.94. The SMILES string of the molecule is c1ccc(Cn2c3ccccc3c3nc4c5ccccc5n(Cc5ccccc5)c4cc32)cc1. The lowest BCUT2D eigenvalue weighted by Crippen LogP contribution is -2.01. The summed E-state index contributed by atoms with van der Waals surface area (Å²) < 4.78 is 4.83. The highest BCUT2D eigenvalue weighted by Gasteiger charge is 2.18. The number of hydrogen-bond donors (Lipinski definition) is 0. The molecule has 0 aliphatic rings. The average Bonchev–Trinajstić information content (AvgIpc) is 3.37. The Morgan fingerprint density at radius 1 is 0.441 bits per heavy atom. The van der Waals surface area contributed by atoms with Crippen LogP contribution >= 0.6 is 0 Å². The second kappa shape index (κ2) is 7.60. The number of benzene rings is 4. The Labute approximate surface area is 197 Å². The maximum Gasteiger partial charge on any atom is 0.0969 e. The summed E-state index contributed by atoms with van der Waals surface area (Å²) in [5, 5.41) is 2.41. The molecule has 3 heteroatoms. The largest absolute Gasteiger partial charge is 0.335 e. The zero-order chi connectivity index (χ0) is 22.5. The highest BCUT2D eigenvalue weighted by Crippen LogP contribution is 2.35. The third-order valence-corrected chi connectivity index (χ3v) is 6.83. The minimum atomic E-state index is 0.816. The topological polar surface area (TPSA) is 22.8 Å². The van der Waals surface area contributed by atoms with Crippen LogP contribution in [0, 0.1) is 0 Å². The van der Waals surface area contributed by atoms with Crippen molar-refractivity contribution in [3.8, 4) is 0 Å². The molecule has 0 amide bonds. The van der Waals surface area contributed by atoms with Crippen molar-refractivity contribution in [2.45, 2.75) is 13.1 Å². The van der Waals surface area contributed by atoms with Gasteiger partial charge in [-0.2, -0.15) is 0 Å². The first kappa shape index (κ1) is 19.1. The molecule has 0 bridgehead atoms. The summed E-state index contributed by atoms with van der Waals surface area (Å²) in [6.07, 6.45) is 0. The Kier molecular flexibility index (Phi) is 4.28. The van der Waals surface area contributed by atoms with E-state index in [0.29, 0.717) is 0 Å². The van der Waals surface area contributed by atoms with Gasteiger partial charge in [0, 0.05) is 23.9 Å². The zero-order valence-corrected chi connectivity index (χ0v) is 18.7. The van der Waals surface area contributed by atoms with E-state index in [0.717, 1.165) is 24.1 Å². The molecule has 0 aliphatic heterocycles. The molecule has 7 rings (SSSR count). The van der Waals surface area contributed by atoms with Crippen LogP contribution in [0.2, 0.25) is 0 Å². The van der Waals surface area contributed by atoms with Gasteiger partial charge in [-0.25, -0.2) is 4.98 Å². The van der Waals surface area contributed by atoms with Crippen molar-refractivity contribution in [2.75, 3.05) is 0 Å². The molecule has 34 heavy (non-hydrogen) atoms. The fourth-order valence-electron chi connectivity index (χ4n) is 5.25. The Morgan fingerprint density at radius 2 is 0.853 bits per heavy atom. The van der Waals surface area contributed by atoms with Crippen LogP contribution in [0.1, 0.15) is 11.1 Å². The van der Waals surface area contributed by atoms with Gasteiger partial charge in [-0.15, -0.1) is 0 Å². The lowest BCUT2D eigenvalue weighted by Gasteiger charge is -2.10. The number of para-hydroxylation sites is 2. The molecule has 0 fully saturated rings. The van der Waals surface area contributed by atoms with E-state index in [-0.39, 0.29) is 0 Å². The van der Waals surface area contributed by atoms with Gasteiger partial charge in [-0.3, -0.25) is 0 Å². The highest BCUT2D eigenvalue weighted by molar-refractivity contribution is 6.14. The van der Waals surface area contributed by atoms with Crippen LogP contribution in [0.15, 0.2) is 115 Å². The Morgan fingerprint density at radius 3 is 1.32 bits per heavy atom. The number of nitrogens with zero attached hydrogens (tertiary/aromatic N) is 3. The molecule has 7 aromatic rings. The second-order valence-electron chi connectivity index (χ2n) is 8.90. The van der Waals surface area contributed by atoms with Gasteiger partial charge in [0.2, 0.25) is 0 Å². The Bertz CT molecular complexity index is 1660.